The highest BCUT2D eigenvalue weighted by molar-refractivity contribution is 5.79. The number of nitrogens with two attached hydrogens (primary N) is 1. The van der Waals surface area contributed by atoms with Gasteiger partial charge in [-0.1, -0.05) is 12.1 Å². The lowest BCUT2D eigenvalue weighted by molar-refractivity contribution is -0.141. The van der Waals surface area contributed by atoms with Gasteiger partial charge in [0.2, 0.25) is 5.91 Å². The average molecular weight is 397 g/mol. The predicted molar refractivity (Wildman–Crippen MR) is 99.6 cm³/mol. The summed E-state index contributed by atoms with van der Waals surface area (Å²) in [5.74, 6) is -0.487. The summed E-state index contributed by atoms with van der Waals surface area (Å²) in [7, 11) is 0. The Labute approximate surface area is 162 Å². The van der Waals surface area contributed by atoms with Crippen LogP contribution in [-0.4, -0.2) is 25.3 Å². The van der Waals surface area contributed by atoms with E-state index in [1.165, 1.54) is 18.3 Å². The average Bonchev–Trinajstić information content (AvgIpc) is 3.08. The molecule has 29 heavy (non-hydrogen) atoms. The Morgan fingerprint density at radius 3 is 2.62 bits per heavy atom. The van der Waals surface area contributed by atoms with Crippen molar-refractivity contribution in [2.75, 3.05) is 0 Å². The summed E-state index contributed by atoms with van der Waals surface area (Å²) in [6.45, 7) is 0. The molecule has 1 amide bonds. The third-order valence-electron chi connectivity index (χ3n) is 4.26. The van der Waals surface area contributed by atoms with Crippen molar-refractivity contribution < 1.29 is 18.0 Å². The molecule has 0 fully saturated rings. The zero-order valence-electron chi connectivity index (χ0n) is 14.9. The lowest BCUT2D eigenvalue weighted by Crippen LogP contribution is -2.13. The summed E-state index contributed by atoms with van der Waals surface area (Å²) < 4.78 is 40.9. The molecule has 0 saturated carbocycles. The first kappa shape index (κ1) is 18.6. The van der Waals surface area contributed by atoms with Crippen LogP contribution in [-0.2, 0) is 17.4 Å². The van der Waals surface area contributed by atoms with Crippen LogP contribution in [0.4, 0.5) is 13.2 Å². The Balaban J connectivity index is 1.80. The van der Waals surface area contributed by atoms with Crippen molar-refractivity contribution in [3.8, 4) is 22.5 Å². The van der Waals surface area contributed by atoms with Crippen LogP contribution in [0.25, 0.3) is 28.2 Å². The van der Waals surface area contributed by atoms with Gasteiger partial charge in [-0.2, -0.15) is 13.2 Å². The maximum absolute atomic E-state index is 13.0. The molecule has 0 aliphatic rings. The standard InChI is InChI=1S/C20H14F3N5O/c21-20(22,23)16-5-1-4-15(27-16)19-14(3-2-8-25-19)12-6-7-18-26-13(9-17(24)29)11-28(18)10-12/h1-8,10-11H,9H2,(H2,24,29). The number of pyridine rings is 3. The molecule has 0 bridgehead atoms. The number of hydrogen-bond donors (Lipinski definition) is 1. The molecule has 6 nitrogen and oxygen atoms in total. The molecule has 4 aromatic rings. The Hall–Kier alpha value is -3.75. The molecule has 0 saturated heterocycles. The van der Waals surface area contributed by atoms with Crippen LogP contribution in [0.1, 0.15) is 11.4 Å². The number of aromatic nitrogens is 4. The van der Waals surface area contributed by atoms with Gasteiger partial charge in [-0.15, -0.1) is 0 Å². The van der Waals surface area contributed by atoms with Gasteiger partial charge in [-0.25, -0.2) is 9.97 Å². The largest absolute Gasteiger partial charge is 0.433 e. The van der Waals surface area contributed by atoms with E-state index in [0.29, 0.717) is 28.2 Å². The molecule has 4 heterocycles. The predicted octanol–water partition coefficient (Wildman–Crippen LogP) is 3.50. The number of nitrogens with zero attached hydrogens (tertiary/aromatic N) is 4. The van der Waals surface area contributed by atoms with Gasteiger partial charge in [-0.3, -0.25) is 9.78 Å². The minimum atomic E-state index is -4.54. The lowest BCUT2D eigenvalue weighted by atomic mass is 10.0. The summed E-state index contributed by atoms with van der Waals surface area (Å²) in [5, 5.41) is 0. The van der Waals surface area contributed by atoms with Crippen molar-refractivity contribution >= 4 is 11.6 Å². The fourth-order valence-corrected chi connectivity index (χ4v) is 3.03. The smallest absolute Gasteiger partial charge is 0.369 e. The molecule has 4 rings (SSSR count). The van der Waals surface area contributed by atoms with Crippen LogP contribution < -0.4 is 5.73 Å². The first-order valence-electron chi connectivity index (χ1n) is 8.57. The third-order valence-corrected chi connectivity index (χ3v) is 4.26. The molecule has 2 N–H and O–H groups in total. The minimum Gasteiger partial charge on any atom is -0.369 e. The van der Waals surface area contributed by atoms with Gasteiger partial charge in [0, 0.05) is 29.7 Å². The fraction of sp³-hybridized carbons (Fsp3) is 0.100. The molecule has 0 atom stereocenters. The van der Waals surface area contributed by atoms with Crippen LogP contribution in [0, 0.1) is 0 Å². The SMILES string of the molecule is NC(=O)Cc1cn2cc(-c3cccnc3-c3cccc(C(F)(F)F)n3)ccc2n1. The van der Waals surface area contributed by atoms with E-state index in [4.69, 9.17) is 5.73 Å². The van der Waals surface area contributed by atoms with E-state index < -0.39 is 17.8 Å². The minimum absolute atomic E-state index is 0.0172. The molecule has 0 aliphatic carbocycles. The lowest BCUT2D eigenvalue weighted by Gasteiger charge is -2.11. The number of carbonyl (C=O) groups excluding carboxylic acids is 1. The Bertz CT molecular complexity index is 1220. The summed E-state index contributed by atoms with van der Waals surface area (Å²) in [4.78, 5) is 23.4. The number of hydrogen-bond acceptors (Lipinski definition) is 4. The van der Waals surface area contributed by atoms with Crippen molar-refractivity contribution in [2.24, 2.45) is 5.73 Å². The number of amides is 1. The van der Waals surface area contributed by atoms with Gasteiger partial charge in [0.1, 0.15) is 11.3 Å². The van der Waals surface area contributed by atoms with Gasteiger partial charge in [0.15, 0.2) is 0 Å². The van der Waals surface area contributed by atoms with Crippen LogP contribution in [0.5, 0.6) is 0 Å². The summed E-state index contributed by atoms with van der Waals surface area (Å²) in [5.41, 5.74) is 7.16. The maximum Gasteiger partial charge on any atom is 0.433 e. The van der Waals surface area contributed by atoms with E-state index in [9.17, 15) is 18.0 Å². The number of alkyl halides is 3. The molecular weight excluding hydrogens is 383 g/mol. The number of primary amides is 1. The van der Waals surface area contributed by atoms with E-state index in [0.717, 1.165) is 6.07 Å². The molecule has 0 aromatic carbocycles. The van der Waals surface area contributed by atoms with Crippen molar-refractivity contribution in [1.82, 2.24) is 19.4 Å². The molecule has 0 radical (unpaired) electrons. The highest BCUT2D eigenvalue weighted by Crippen LogP contribution is 2.32. The fourth-order valence-electron chi connectivity index (χ4n) is 3.03. The first-order chi connectivity index (χ1) is 13.8. The monoisotopic (exact) mass is 397 g/mol. The molecule has 0 aliphatic heterocycles. The van der Waals surface area contributed by atoms with Crippen molar-refractivity contribution in [1.29, 1.82) is 0 Å². The van der Waals surface area contributed by atoms with Gasteiger partial charge < -0.3 is 10.1 Å². The second kappa shape index (κ2) is 7.01. The molecule has 0 spiro atoms. The van der Waals surface area contributed by atoms with Gasteiger partial charge in [-0.05, 0) is 30.3 Å². The number of carbonyl (C=O) groups is 1. The number of fused-ring (bicyclic) bond motifs is 1. The van der Waals surface area contributed by atoms with E-state index in [-0.39, 0.29) is 12.1 Å². The van der Waals surface area contributed by atoms with Gasteiger partial charge >= 0.3 is 6.18 Å². The van der Waals surface area contributed by atoms with E-state index in [1.54, 1.807) is 41.1 Å². The third kappa shape index (κ3) is 3.79. The zero-order valence-corrected chi connectivity index (χ0v) is 14.9. The second-order valence-corrected chi connectivity index (χ2v) is 6.36. The maximum atomic E-state index is 13.0. The van der Waals surface area contributed by atoms with Gasteiger partial charge in [0.25, 0.3) is 0 Å². The quantitative estimate of drug-likeness (QED) is 0.571. The van der Waals surface area contributed by atoms with Crippen molar-refractivity contribution in [3.63, 3.8) is 0 Å². The Kier molecular flexibility index (Phi) is 4.50. The summed E-state index contributed by atoms with van der Waals surface area (Å²) >= 11 is 0. The van der Waals surface area contributed by atoms with E-state index >= 15 is 0 Å². The van der Waals surface area contributed by atoms with Crippen molar-refractivity contribution in [3.05, 3.63) is 72.4 Å². The van der Waals surface area contributed by atoms with E-state index in [2.05, 4.69) is 15.0 Å². The van der Waals surface area contributed by atoms with Crippen LogP contribution in [0.2, 0.25) is 0 Å². The molecule has 0 unspecified atom stereocenters. The van der Waals surface area contributed by atoms with Crippen LogP contribution in [0.3, 0.4) is 0 Å². The van der Waals surface area contributed by atoms with Crippen LogP contribution in [0.15, 0.2) is 61.1 Å². The van der Waals surface area contributed by atoms with E-state index in [1.807, 2.05) is 0 Å². The molecule has 9 heteroatoms. The number of rotatable bonds is 4. The summed E-state index contributed by atoms with van der Waals surface area (Å²) in [6, 6.07) is 10.7. The Morgan fingerprint density at radius 2 is 1.86 bits per heavy atom. The van der Waals surface area contributed by atoms with Gasteiger partial charge in [0.05, 0.1) is 23.5 Å². The molecule has 4 aromatic heterocycles. The zero-order chi connectivity index (χ0) is 20.6. The first-order valence-corrected chi connectivity index (χ1v) is 8.57. The Morgan fingerprint density at radius 1 is 1.03 bits per heavy atom. The topological polar surface area (TPSA) is 86.2 Å². The summed E-state index contributed by atoms with van der Waals surface area (Å²) in [6.07, 6.45) is 0.422. The molecule has 146 valence electrons. The van der Waals surface area contributed by atoms with Crippen LogP contribution >= 0.6 is 0 Å². The van der Waals surface area contributed by atoms with Crippen molar-refractivity contribution in [2.45, 2.75) is 12.6 Å². The number of imidazole rings is 1. The normalized spacial score (nSPS) is 11.7. The number of halogens is 3. The second-order valence-electron chi connectivity index (χ2n) is 6.36. The highest BCUT2D eigenvalue weighted by Gasteiger charge is 2.32. The highest BCUT2D eigenvalue weighted by atomic mass is 19.4. The molecular formula is C20H14F3N5O.